The molecular weight excluding hydrogens is 280 g/mol. The average Bonchev–Trinajstić information content (AvgIpc) is 2.53. The molecular formula is C21H36N2. The lowest BCUT2D eigenvalue weighted by Gasteiger charge is -2.57. The minimum Gasteiger partial charge on any atom is -0.315 e. The van der Waals surface area contributed by atoms with Crippen LogP contribution in [0.4, 0.5) is 0 Å². The van der Waals surface area contributed by atoms with Crippen molar-refractivity contribution >= 4 is 0 Å². The molecule has 130 valence electrons. The highest BCUT2D eigenvalue weighted by Gasteiger charge is 2.50. The van der Waals surface area contributed by atoms with Crippen LogP contribution < -0.4 is 10.6 Å². The van der Waals surface area contributed by atoms with Crippen LogP contribution in [-0.2, 0) is 0 Å². The lowest BCUT2D eigenvalue weighted by Crippen LogP contribution is -2.50. The molecule has 4 fully saturated rings. The van der Waals surface area contributed by atoms with Crippen molar-refractivity contribution in [3.05, 3.63) is 11.6 Å². The first kappa shape index (κ1) is 16.1. The van der Waals surface area contributed by atoms with Crippen LogP contribution in [0.3, 0.4) is 0 Å². The zero-order chi connectivity index (χ0) is 15.5. The van der Waals surface area contributed by atoms with E-state index >= 15 is 0 Å². The Hall–Kier alpha value is -0.340. The minimum absolute atomic E-state index is 0.696. The molecule has 5 aliphatic carbocycles. The van der Waals surface area contributed by atoms with Gasteiger partial charge in [-0.25, -0.2) is 0 Å². The SMILES string of the molecule is C1=C(CCNCCNCC23CC4CC(CC(C4)C2)C3)CCCC1. The van der Waals surface area contributed by atoms with Gasteiger partial charge in [0.1, 0.15) is 0 Å². The van der Waals surface area contributed by atoms with E-state index in [0.717, 1.165) is 30.8 Å². The summed E-state index contributed by atoms with van der Waals surface area (Å²) in [4.78, 5) is 0. The zero-order valence-electron chi connectivity index (χ0n) is 14.9. The van der Waals surface area contributed by atoms with Gasteiger partial charge in [0, 0.05) is 19.6 Å². The standard InChI is InChI=1S/C21H36N2/c1-2-4-17(5-3-1)6-7-22-8-9-23-16-21-13-18-10-19(14-21)12-20(11-18)15-21/h4,18-20,22-23H,1-3,5-16H2. The van der Waals surface area contributed by atoms with Gasteiger partial charge in [0.25, 0.3) is 0 Å². The molecule has 0 aromatic heterocycles. The minimum atomic E-state index is 0.696. The molecule has 0 spiro atoms. The van der Waals surface area contributed by atoms with E-state index in [0.29, 0.717) is 5.41 Å². The Kier molecular flexibility index (Phi) is 5.10. The number of rotatable bonds is 8. The summed E-state index contributed by atoms with van der Waals surface area (Å²) in [6.45, 7) is 4.76. The third kappa shape index (κ3) is 4.02. The van der Waals surface area contributed by atoms with Gasteiger partial charge < -0.3 is 10.6 Å². The maximum absolute atomic E-state index is 3.80. The molecule has 0 aliphatic heterocycles. The fourth-order valence-corrected chi connectivity index (χ4v) is 6.54. The van der Waals surface area contributed by atoms with Gasteiger partial charge in [-0.2, -0.15) is 0 Å². The first-order chi connectivity index (χ1) is 11.3. The fraction of sp³-hybridized carbons (Fsp3) is 0.905. The molecule has 0 radical (unpaired) electrons. The first-order valence-electron chi connectivity index (χ1n) is 10.4. The predicted molar refractivity (Wildman–Crippen MR) is 97.5 cm³/mol. The Morgan fingerprint density at radius 3 is 2.22 bits per heavy atom. The summed E-state index contributed by atoms with van der Waals surface area (Å²) in [5, 5.41) is 7.44. The van der Waals surface area contributed by atoms with E-state index in [1.807, 2.05) is 0 Å². The van der Waals surface area contributed by atoms with Crippen molar-refractivity contribution in [1.29, 1.82) is 0 Å². The van der Waals surface area contributed by atoms with Crippen LogP contribution in [-0.4, -0.2) is 26.2 Å². The zero-order valence-corrected chi connectivity index (χ0v) is 14.9. The lowest BCUT2D eigenvalue weighted by molar-refractivity contribution is -0.0511. The van der Waals surface area contributed by atoms with Gasteiger partial charge >= 0.3 is 0 Å². The van der Waals surface area contributed by atoms with Crippen LogP contribution in [0.5, 0.6) is 0 Å². The van der Waals surface area contributed by atoms with E-state index in [4.69, 9.17) is 0 Å². The molecule has 4 saturated carbocycles. The van der Waals surface area contributed by atoms with Crippen molar-refractivity contribution in [1.82, 2.24) is 10.6 Å². The van der Waals surface area contributed by atoms with E-state index < -0.39 is 0 Å². The fourth-order valence-electron chi connectivity index (χ4n) is 6.54. The lowest BCUT2D eigenvalue weighted by atomic mass is 9.49. The van der Waals surface area contributed by atoms with E-state index in [-0.39, 0.29) is 0 Å². The highest BCUT2D eigenvalue weighted by molar-refractivity contribution is 5.05. The van der Waals surface area contributed by atoms with Gasteiger partial charge in [-0.15, -0.1) is 0 Å². The summed E-state index contributed by atoms with van der Waals surface area (Å²) in [5.41, 5.74) is 2.40. The van der Waals surface area contributed by atoms with Crippen molar-refractivity contribution < 1.29 is 0 Å². The Labute approximate surface area is 142 Å². The molecule has 0 aromatic carbocycles. The molecule has 0 saturated heterocycles. The molecule has 4 bridgehead atoms. The molecule has 0 atom stereocenters. The summed E-state index contributed by atoms with van der Waals surface area (Å²) in [6.07, 6.45) is 18.6. The van der Waals surface area contributed by atoms with Crippen molar-refractivity contribution in [3.63, 3.8) is 0 Å². The van der Waals surface area contributed by atoms with Crippen LogP contribution in [0.1, 0.15) is 70.6 Å². The molecule has 0 amide bonds. The topological polar surface area (TPSA) is 24.1 Å². The Morgan fingerprint density at radius 2 is 1.57 bits per heavy atom. The largest absolute Gasteiger partial charge is 0.315 e. The maximum Gasteiger partial charge on any atom is 0.00769 e. The molecule has 2 N–H and O–H groups in total. The third-order valence-electron chi connectivity index (χ3n) is 7.15. The molecule has 0 aromatic rings. The number of nitrogens with one attached hydrogen (secondary N) is 2. The van der Waals surface area contributed by atoms with E-state index in [1.165, 1.54) is 64.5 Å². The second-order valence-corrected chi connectivity index (χ2v) is 9.20. The van der Waals surface area contributed by atoms with Crippen LogP contribution >= 0.6 is 0 Å². The van der Waals surface area contributed by atoms with Gasteiger partial charge in [-0.3, -0.25) is 0 Å². The maximum atomic E-state index is 3.80. The number of hydrogen-bond acceptors (Lipinski definition) is 2. The van der Waals surface area contributed by atoms with Gasteiger partial charge in [0.2, 0.25) is 0 Å². The Bertz CT molecular complexity index is 390. The molecule has 5 rings (SSSR count). The summed E-state index contributed by atoms with van der Waals surface area (Å²) in [7, 11) is 0. The predicted octanol–water partition coefficient (Wildman–Crippen LogP) is 4.27. The summed E-state index contributed by atoms with van der Waals surface area (Å²) in [5.74, 6) is 3.26. The normalized spacial score (nSPS) is 38.8. The number of allylic oxidation sites excluding steroid dienone is 1. The Balaban J connectivity index is 1.10. The third-order valence-corrected chi connectivity index (χ3v) is 7.15. The molecule has 0 unspecified atom stereocenters. The van der Waals surface area contributed by atoms with Crippen molar-refractivity contribution in [2.75, 3.05) is 26.2 Å². The van der Waals surface area contributed by atoms with Crippen LogP contribution in [0.15, 0.2) is 11.6 Å². The van der Waals surface area contributed by atoms with Crippen LogP contribution in [0, 0.1) is 23.2 Å². The van der Waals surface area contributed by atoms with E-state index in [1.54, 1.807) is 24.8 Å². The van der Waals surface area contributed by atoms with E-state index in [2.05, 4.69) is 16.7 Å². The highest BCUT2D eigenvalue weighted by atomic mass is 14.9. The van der Waals surface area contributed by atoms with Crippen LogP contribution in [0.2, 0.25) is 0 Å². The first-order valence-corrected chi connectivity index (χ1v) is 10.4. The van der Waals surface area contributed by atoms with E-state index in [9.17, 15) is 0 Å². The molecule has 0 heterocycles. The van der Waals surface area contributed by atoms with Crippen LogP contribution in [0.25, 0.3) is 0 Å². The Morgan fingerprint density at radius 1 is 0.870 bits per heavy atom. The van der Waals surface area contributed by atoms with Gasteiger partial charge in [-0.05, 0) is 100 Å². The molecule has 23 heavy (non-hydrogen) atoms. The molecule has 2 heteroatoms. The smallest absolute Gasteiger partial charge is 0.00769 e. The number of hydrogen-bond donors (Lipinski definition) is 2. The van der Waals surface area contributed by atoms with Crippen molar-refractivity contribution in [2.24, 2.45) is 23.2 Å². The molecule has 2 nitrogen and oxygen atoms in total. The van der Waals surface area contributed by atoms with Gasteiger partial charge in [0.05, 0.1) is 0 Å². The summed E-state index contributed by atoms with van der Waals surface area (Å²) in [6, 6.07) is 0. The summed E-state index contributed by atoms with van der Waals surface area (Å²) >= 11 is 0. The quantitative estimate of drug-likeness (QED) is 0.516. The molecule has 5 aliphatic rings. The monoisotopic (exact) mass is 316 g/mol. The van der Waals surface area contributed by atoms with Gasteiger partial charge in [0.15, 0.2) is 0 Å². The second kappa shape index (κ2) is 7.27. The highest BCUT2D eigenvalue weighted by Crippen LogP contribution is 2.59. The van der Waals surface area contributed by atoms with Gasteiger partial charge in [-0.1, -0.05) is 11.6 Å². The summed E-state index contributed by atoms with van der Waals surface area (Å²) < 4.78 is 0. The van der Waals surface area contributed by atoms with Crippen molar-refractivity contribution in [2.45, 2.75) is 70.6 Å². The van der Waals surface area contributed by atoms with Crippen molar-refractivity contribution in [3.8, 4) is 0 Å². The second-order valence-electron chi connectivity index (χ2n) is 9.20. The average molecular weight is 317 g/mol.